The standard InChI is InChI=1S/C17H30O12S/c1-3-8-13(19)12(25-10(4-18)15(8)27-30-29-28-21)6-23-5-9-11-7-24-16(9)14(20)17(22-2)26-11/h8-21H,3-7H2,1-2H3/t8-,9-,10?,11?,12-,13?,14?,15+,16+,17+/m0/s1. The van der Waals surface area contributed by atoms with Gasteiger partial charge in [0.05, 0.1) is 44.7 Å². The maximum atomic E-state index is 10.7. The molecule has 3 rings (SSSR count). The topological polar surface area (TPSA) is 155 Å². The fourth-order valence-corrected chi connectivity index (χ4v) is 4.79. The van der Waals surface area contributed by atoms with Crippen LogP contribution in [0.3, 0.4) is 0 Å². The Balaban J connectivity index is 1.53. The fraction of sp³-hybridized carbons (Fsp3) is 1.00. The molecule has 0 amide bonds. The van der Waals surface area contributed by atoms with Crippen molar-refractivity contribution in [2.45, 2.75) is 62.4 Å². The smallest absolute Gasteiger partial charge is 0.198 e. The first-order valence-electron chi connectivity index (χ1n) is 9.85. The van der Waals surface area contributed by atoms with Crippen LogP contribution in [0.25, 0.3) is 0 Å². The van der Waals surface area contributed by atoms with E-state index in [9.17, 15) is 15.3 Å². The van der Waals surface area contributed by atoms with E-state index in [1.54, 1.807) is 0 Å². The predicted molar refractivity (Wildman–Crippen MR) is 98.5 cm³/mol. The highest BCUT2D eigenvalue weighted by atomic mass is 32.2. The Bertz CT molecular complexity index is 515. The predicted octanol–water partition coefficient (Wildman–Crippen LogP) is -0.733. The number of ether oxygens (including phenoxy) is 5. The van der Waals surface area contributed by atoms with Gasteiger partial charge in [0.25, 0.3) is 0 Å². The lowest BCUT2D eigenvalue weighted by atomic mass is 9.84. The highest BCUT2D eigenvalue weighted by molar-refractivity contribution is 7.89. The fourth-order valence-electron chi connectivity index (χ4n) is 4.38. The SMILES string of the molecule is CC[C@H]1C(O)[C@H](COC[C@H]2C3CO[C@H]2C(O)[C@H](OC)O3)OC(CO)[C@@H]1OSOOO. The Morgan fingerprint density at radius 3 is 2.53 bits per heavy atom. The van der Waals surface area contributed by atoms with Gasteiger partial charge in [-0.05, 0) is 6.42 Å². The van der Waals surface area contributed by atoms with Gasteiger partial charge in [0.2, 0.25) is 0 Å². The largest absolute Gasteiger partial charge is 0.394 e. The average molecular weight is 458 g/mol. The summed E-state index contributed by atoms with van der Waals surface area (Å²) in [5, 5.41) is 42.4. The van der Waals surface area contributed by atoms with E-state index in [-0.39, 0.29) is 37.8 Å². The van der Waals surface area contributed by atoms with Gasteiger partial charge < -0.3 is 39.0 Å². The van der Waals surface area contributed by atoms with Crippen LogP contribution >= 0.6 is 12.3 Å². The summed E-state index contributed by atoms with van der Waals surface area (Å²) >= 11 is 0.380. The molecule has 30 heavy (non-hydrogen) atoms. The maximum absolute atomic E-state index is 10.7. The van der Waals surface area contributed by atoms with E-state index in [1.807, 2.05) is 6.92 Å². The second-order valence-corrected chi connectivity index (χ2v) is 7.96. The van der Waals surface area contributed by atoms with Gasteiger partial charge in [-0.3, -0.25) is 4.18 Å². The minimum Gasteiger partial charge on any atom is -0.394 e. The minimum atomic E-state index is -0.919. The molecule has 0 spiro atoms. The molecule has 0 aliphatic carbocycles. The number of rotatable bonds is 11. The van der Waals surface area contributed by atoms with Crippen LogP contribution in [0.2, 0.25) is 0 Å². The Morgan fingerprint density at radius 1 is 1.07 bits per heavy atom. The van der Waals surface area contributed by atoms with Gasteiger partial charge in [0, 0.05) is 18.9 Å². The zero-order valence-corrected chi connectivity index (χ0v) is 17.6. The molecule has 4 N–H and O–H groups in total. The molecule has 0 aromatic rings. The number of aliphatic hydroxyl groups excluding tert-OH is 3. The van der Waals surface area contributed by atoms with Gasteiger partial charge >= 0.3 is 0 Å². The Morgan fingerprint density at radius 2 is 1.87 bits per heavy atom. The summed E-state index contributed by atoms with van der Waals surface area (Å²) in [6.45, 7) is 2.19. The molecule has 0 aromatic heterocycles. The molecule has 12 nitrogen and oxygen atoms in total. The first kappa shape index (κ1) is 24.5. The Kier molecular flexibility index (Phi) is 9.52. The van der Waals surface area contributed by atoms with Crippen LogP contribution < -0.4 is 0 Å². The lowest BCUT2D eigenvalue weighted by Gasteiger charge is -2.43. The summed E-state index contributed by atoms with van der Waals surface area (Å²) in [4.78, 5) is 0. The molecule has 3 heterocycles. The first-order chi connectivity index (χ1) is 14.5. The van der Waals surface area contributed by atoms with E-state index in [1.165, 1.54) is 7.11 Å². The van der Waals surface area contributed by atoms with Crippen molar-refractivity contribution in [3.05, 3.63) is 0 Å². The van der Waals surface area contributed by atoms with E-state index >= 15 is 0 Å². The summed E-state index contributed by atoms with van der Waals surface area (Å²) in [6.07, 6.45) is -4.84. The van der Waals surface area contributed by atoms with E-state index < -0.39 is 42.9 Å². The molecule has 3 aliphatic heterocycles. The molecule has 3 saturated heterocycles. The summed E-state index contributed by atoms with van der Waals surface area (Å²) in [5.41, 5.74) is 0. The normalized spacial score (nSPS) is 43.8. The second-order valence-electron chi connectivity index (χ2n) is 7.50. The van der Waals surface area contributed by atoms with Crippen LogP contribution in [0, 0.1) is 11.8 Å². The minimum absolute atomic E-state index is 0.0734. The summed E-state index contributed by atoms with van der Waals surface area (Å²) in [5.74, 6) is -0.549. The van der Waals surface area contributed by atoms with Gasteiger partial charge in [-0.2, -0.15) is 0 Å². The van der Waals surface area contributed by atoms with Gasteiger partial charge in [0.15, 0.2) is 18.6 Å². The lowest BCUT2D eigenvalue weighted by Crippen LogP contribution is -2.57. The monoisotopic (exact) mass is 458 g/mol. The molecule has 0 saturated carbocycles. The van der Waals surface area contributed by atoms with Crippen molar-refractivity contribution < 1.29 is 57.8 Å². The van der Waals surface area contributed by atoms with E-state index in [0.29, 0.717) is 25.4 Å². The van der Waals surface area contributed by atoms with Gasteiger partial charge in [-0.15, -0.1) is 4.33 Å². The summed E-state index contributed by atoms with van der Waals surface area (Å²) in [7, 11) is 1.46. The van der Waals surface area contributed by atoms with Gasteiger partial charge in [0.1, 0.15) is 24.4 Å². The molecule has 3 aliphatic rings. The zero-order chi connectivity index (χ0) is 21.7. The third-order valence-corrected chi connectivity index (χ3v) is 6.34. The lowest BCUT2D eigenvalue weighted by molar-refractivity contribution is -0.434. The van der Waals surface area contributed by atoms with Gasteiger partial charge in [-0.1, -0.05) is 12.0 Å². The highest BCUT2D eigenvalue weighted by Gasteiger charge is 2.51. The number of aliphatic hydroxyl groups is 3. The van der Waals surface area contributed by atoms with Crippen molar-refractivity contribution in [1.82, 2.24) is 0 Å². The van der Waals surface area contributed by atoms with Crippen molar-refractivity contribution in [2.24, 2.45) is 11.8 Å². The van der Waals surface area contributed by atoms with E-state index in [0.717, 1.165) is 0 Å². The number of fused-ring (bicyclic) bond motifs is 2. The quantitative estimate of drug-likeness (QED) is 0.133. The van der Waals surface area contributed by atoms with E-state index in [2.05, 4.69) is 9.37 Å². The molecule has 2 bridgehead atoms. The van der Waals surface area contributed by atoms with Crippen molar-refractivity contribution in [3.8, 4) is 0 Å². The van der Waals surface area contributed by atoms with Crippen LogP contribution in [0.1, 0.15) is 13.3 Å². The maximum Gasteiger partial charge on any atom is 0.198 e. The average Bonchev–Trinajstić information content (AvgIpc) is 3.07. The molecule has 4 unspecified atom stereocenters. The highest BCUT2D eigenvalue weighted by Crippen LogP contribution is 2.36. The van der Waals surface area contributed by atoms with Crippen molar-refractivity contribution in [1.29, 1.82) is 0 Å². The number of hydrogen-bond acceptors (Lipinski definition) is 13. The van der Waals surface area contributed by atoms with Crippen LogP contribution in [-0.4, -0.2) is 103 Å². The van der Waals surface area contributed by atoms with Crippen LogP contribution in [-0.2, 0) is 37.2 Å². The molecule has 0 radical (unpaired) electrons. The van der Waals surface area contributed by atoms with Gasteiger partial charge in [-0.25, -0.2) is 5.26 Å². The Labute approximate surface area is 178 Å². The summed E-state index contributed by atoms with van der Waals surface area (Å²) < 4.78 is 37.6. The molecular formula is C17H30O12S. The summed E-state index contributed by atoms with van der Waals surface area (Å²) in [6, 6.07) is 0. The molecular weight excluding hydrogens is 428 g/mol. The van der Waals surface area contributed by atoms with Crippen molar-refractivity contribution >= 4 is 12.3 Å². The molecule has 10 atom stereocenters. The second kappa shape index (κ2) is 11.7. The Hall–Kier alpha value is -0.130. The molecule has 176 valence electrons. The van der Waals surface area contributed by atoms with E-state index in [4.69, 9.17) is 33.1 Å². The number of methoxy groups -OCH3 is 1. The first-order valence-corrected chi connectivity index (χ1v) is 10.5. The molecule has 3 fully saturated rings. The van der Waals surface area contributed by atoms with Crippen LogP contribution in [0.4, 0.5) is 0 Å². The van der Waals surface area contributed by atoms with Crippen molar-refractivity contribution in [3.63, 3.8) is 0 Å². The third kappa shape index (κ3) is 5.26. The third-order valence-electron chi connectivity index (χ3n) is 5.92. The molecule has 13 heteroatoms. The van der Waals surface area contributed by atoms with Crippen LogP contribution in [0.5, 0.6) is 0 Å². The van der Waals surface area contributed by atoms with Crippen molar-refractivity contribution in [2.75, 3.05) is 33.5 Å². The zero-order valence-electron chi connectivity index (χ0n) is 16.8. The van der Waals surface area contributed by atoms with Crippen LogP contribution in [0.15, 0.2) is 0 Å². The number of hydrogen-bond donors (Lipinski definition) is 4. The molecule has 0 aromatic carbocycles.